The summed E-state index contributed by atoms with van der Waals surface area (Å²) < 4.78 is 16.6. The van der Waals surface area contributed by atoms with E-state index in [0.717, 1.165) is 128 Å². The molecule has 0 fully saturated rings. The monoisotopic (exact) mass is 977 g/mol. The van der Waals surface area contributed by atoms with Crippen LogP contribution < -0.4 is 0 Å². The van der Waals surface area contributed by atoms with E-state index >= 15 is 0 Å². The van der Waals surface area contributed by atoms with Crippen LogP contribution in [0.5, 0.6) is 0 Å². The van der Waals surface area contributed by atoms with Gasteiger partial charge in [-0.3, -0.25) is 14.4 Å². The van der Waals surface area contributed by atoms with E-state index < -0.39 is 12.1 Å². The fourth-order valence-electron chi connectivity index (χ4n) is 6.94. The number of carbonyl (C=O) groups excluding carboxylic acids is 3. The zero-order valence-corrected chi connectivity index (χ0v) is 45.2. The van der Waals surface area contributed by atoms with Gasteiger partial charge in [0.2, 0.25) is 0 Å². The molecule has 0 aromatic heterocycles. The lowest BCUT2D eigenvalue weighted by atomic mass is 10.1. The molecular weight excluding hydrogens is 877 g/mol. The molecule has 0 heterocycles. The molecule has 0 aromatic carbocycles. The van der Waals surface area contributed by atoms with Crippen molar-refractivity contribution in [3.8, 4) is 0 Å². The first-order valence-electron chi connectivity index (χ1n) is 28.0. The van der Waals surface area contributed by atoms with Crippen molar-refractivity contribution in [1.82, 2.24) is 0 Å². The summed E-state index contributed by atoms with van der Waals surface area (Å²) >= 11 is 0. The second-order valence-electron chi connectivity index (χ2n) is 17.8. The first-order chi connectivity index (χ1) is 35.0. The number of rotatable bonds is 48. The summed E-state index contributed by atoms with van der Waals surface area (Å²) in [5, 5.41) is 0. The average molecular weight is 978 g/mol. The average Bonchev–Trinajstić information content (AvgIpc) is 3.37. The highest BCUT2D eigenvalue weighted by Crippen LogP contribution is 2.12. The number of allylic oxidation sites excluding steroid dienone is 25. The minimum absolute atomic E-state index is 0.0846. The summed E-state index contributed by atoms with van der Waals surface area (Å²) in [4.78, 5) is 37.9. The van der Waals surface area contributed by atoms with E-state index in [9.17, 15) is 14.4 Å². The summed E-state index contributed by atoms with van der Waals surface area (Å²) in [5.74, 6) is -1.10. The standard InChI is InChI=1S/C65H100O6/c1-4-7-10-13-16-19-21-23-25-26-27-28-29-30-31-32-33-34-35-36-37-38-40-41-43-46-49-52-55-58-64(67)70-61-62(60-69-63(66)57-54-51-48-45-18-15-12-9-6-3)71-65(68)59-56-53-50-47-44-42-39-24-22-20-17-14-11-8-5-2/h7-8,10-11,16-17,19-20,23-25,27-28,30-31,33-34,36-37,39-41,44,47,53,56,62H,4-6,9,12-15,18,21-22,26,29,32,35,38,42-43,45-46,48-52,54-55,57-61H2,1-3H3/b10-7-,11-8-,19-16-,20-17-,25-23-,28-27-,31-30-,34-33-,37-36-,39-24-,41-40-,47-44-,56-53-. The molecule has 0 saturated heterocycles. The van der Waals surface area contributed by atoms with Crippen LogP contribution in [0.4, 0.5) is 0 Å². The van der Waals surface area contributed by atoms with Crippen molar-refractivity contribution in [3.05, 3.63) is 158 Å². The topological polar surface area (TPSA) is 78.9 Å². The predicted octanol–water partition coefficient (Wildman–Crippen LogP) is 19.0. The van der Waals surface area contributed by atoms with E-state index in [1.807, 2.05) is 6.08 Å². The first kappa shape index (κ1) is 66.0. The molecule has 0 rings (SSSR count). The zero-order chi connectivity index (χ0) is 51.4. The van der Waals surface area contributed by atoms with E-state index in [4.69, 9.17) is 14.2 Å². The molecule has 0 aromatic rings. The Bertz CT molecular complexity index is 1640. The Balaban J connectivity index is 4.41. The summed E-state index contributed by atoms with van der Waals surface area (Å²) in [5.41, 5.74) is 0. The molecule has 0 bridgehead atoms. The Morgan fingerprint density at radius 1 is 0.310 bits per heavy atom. The molecule has 6 nitrogen and oxygen atoms in total. The third kappa shape index (κ3) is 55.8. The van der Waals surface area contributed by atoms with Crippen LogP contribution in [0.15, 0.2) is 158 Å². The number of unbranched alkanes of at least 4 members (excludes halogenated alkanes) is 12. The summed E-state index contributed by atoms with van der Waals surface area (Å²) in [6, 6.07) is 0. The molecule has 396 valence electrons. The maximum absolute atomic E-state index is 12.7. The predicted molar refractivity (Wildman–Crippen MR) is 306 cm³/mol. The van der Waals surface area contributed by atoms with E-state index in [-0.39, 0.29) is 31.6 Å². The summed E-state index contributed by atoms with van der Waals surface area (Å²) in [6.07, 6.45) is 84.1. The lowest BCUT2D eigenvalue weighted by Gasteiger charge is -2.18. The summed E-state index contributed by atoms with van der Waals surface area (Å²) in [7, 11) is 0. The van der Waals surface area contributed by atoms with Crippen LogP contribution in [-0.2, 0) is 28.6 Å². The smallest absolute Gasteiger partial charge is 0.310 e. The van der Waals surface area contributed by atoms with Crippen LogP contribution in [0.25, 0.3) is 0 Å². The van der Waals surface area contributed by atoms with Crippen LogP contribution in [0, 0.1) is 0 Å². The third-order valence-electron chi connectivity index (χ3n) is 11.1. The van der Waals surface area contributed by atoms with Gasteiger partial charge in [-0.05, 0) is 109 Å². The highest BCUT2D eigenvalue weighted by atomic mass is 16.6. The minimum Gasteiger partial charge on any atom is -0.462 e. The molecule has 6 heteroatoms. The largest absolute Gasteiger partial charge is 0.462 e. The number of ether oxygens (including phenoxy) is 3. The van der Waals surface area contributed by atoms with E-state index in [0.29, 0.717) is 19.3 Å². The van der Waals surface area contributed by atoms with Crippen molar-refractivity contribution in [2.45, 2.75) is 219 Å². The Morgan fingerprint density at radius 2 is 0.592 bits per heavy atom. The van der Waals surface area contributed by atoms with Gasteiger partial charge in [0, 0.05) is 12.8 Å². The van der Waals surface area contributed by atoms with Crippen LogP contribution >= 0.6 is 0 Å². The lowest BCUT2D eigenvalue weighted by molar-refractivity contribution is -0.166. The lowest BCUT2D eigenvalue weighted by Crippen LogP contribution is -2.30. The van der Waals surface area contributed by atoms with Gasteiger partial charge in [0.25, 0.3) is 0 Å². The molecule has 0 amide bonds. The van der Waals surface area contributed by atoms with Crippen LogP contribution in [-0.4, -0.2) is 37.2 Å². The van der Waals surface area contributed by atoms with Gasteiger partial charge in [-0.25, -0.2) is 0 Å². The quantitative estimate of drug-likeness (QED) is 0.0262. The van der Waals surface area contributed by atoms with Crippen LogP contribution in [0.1, 0.15) is 213 Å². The molecule has 0 saturated carbocycles. The van der Waals surface area contributed by atoms with E-state index in [1.165, 1.54) is 38.5 Å². The second kappa shape index (κ2) is 57.6. The molecule has 0 N–H and O–H groups in total. The molecule has 0 aliphatic carbocycles. The number of carbonyl (C=O) groups is 3. The van der Waals surface area contributed by atoms with Gasteiger partial charge in [0.15, 0.2) is 6.10 Å². The maximum Gasteiger partial charge on any atom is 0.310 e. The molecular formula is C65H100O6. The SMILES string of the molecule is CC/C=C\C/C=C\C/C=C\C/C=C\C/C=C\C/C=C\C/C=C\C/C=C\CCCCCCC(=O)OCC(COC(=O)CCCCCCCCCCC)OC(=O)C/C=C\C/C=C\C/C=C\C/C=C\C/C=C\CC. The van der Waals surface area contributed by atoms with Crippen molar-refractivity contribution in [2.24, 2.45) is 0 Å². The molecule has 0 radical (unpaired) electrons. The molecule has 0 aliphatic rings. The van der Waals surface area contributed by atoms with Crippen molar-refractivity contribution in [2.75, 3.05) is 13.2 Å². The molecule has 1 unspecified atom stereocenters. The van der Waals surface area contributed by atoms with Gasteiger partial charge in [0.1, 0.15) is 13.2 Å². The van der Waals surface area contributed by atoms with E-state index in [2.05, 4.69) is 167 Å². The van der Waals surface area contributed by atoms with Gasteiger partial charge >= 0.3 is 17.9 Å². The van der Waals surface area contributed by atoms with Crippen molar-refractivity contribution in [3.63, 3.8) is 0 Å². The van der Waals surface area contributed by atoms with Crippen molar-refractivity contribution < 1.29 is 28.6 Å². The van der Waals surface area contributed by atoms with Gasteiger partial charge in [0.05, 0.1) is 6.42 Å². The number of hydrogen-bond acceptors (Lipinski definition) is 6. The van der Waals surface area contributed by atoms with Crippen LogP contribution in [0.3, 0.4) is 0 Å². The highest BCUT2D eigenvalue weighted by Gasteiger charge is 2.19. The van der Waals surface area contributed by atoms with E-state index in [1.54, 1.807) is 6.08 Å². The molecule has 0 spiro atoms. The Labute approximate surface area is 435 Å². The minimum atomic E-state index is -0.848. The normalized spacial score (nSPS) is 13.3. The molecule has 0 aliphatic heterocycles. The Morgan fingerprint density at radius 3 is 0.930 bits per heavy atom. The number of hydrogen-bond donors (Lipinski definition) is 0. The third-order valence-corrected chi connectivity index (χ3v) is 11.1. The molecule has 1 atom stereocenters. The van der Waals surface area contributed by atoms with Gasteiger partial charge in [-0.2, -0.15) is 0 Å². The Kier molecular flexibility index (Phi) is 53.6. The Hall–Kier alpha value is -4.97. The van der Waals surface area contributed by atoms with Crippen molar-refractivity contribution in [1.29, 1.82) is 0 Å². The maximum atomic E-state index is 12.7. The first-order valence-corrected chi connectivity index (χ1v) is 28.0. The van der Waals surface area contributed by atoms with Crippen molar-refractivity contribution >= 4 is 17.9 Å². The fourth-order valence-corrected chi connectivity index (χ4v) is 6.94. The molecule has 71 heavy (non-hydrogen) atoms. The summed E-state index contributed by atoms with van der Waals surface area (Å²) in [6.45, 7) is 6.26. The second-order valence-corrected chi connectivity index (χ2v) is 17.8. The number of esters is 3. The highest BCUT2D eigenvalue weighted by molar-refractivity contribution is 5.72. The van der Waals surface area contributed by atoms with Gasteiger partial charge in [-0.1, -0.05) is 243 Å². The zero-order valence-electron chi connectivity index (χ0n) is 45.2. The fraction of sp³-hybridized carbons (Fsp3) is 0.554. The van der Waals surface area contributed by atoms with Gasteiger partial charge in [-0.15, -0.1) is 0 Å². The van der Waals surface area contributed by atoms with Gasteiger partial charge < -0.3 is 14.2 Å². The van der Waals surface area contributed by atoms with Crippen LogP contribution in [0.2, 0.25) is 0 Å².